The molecule has 0 radical (unpaired) electrons. The van der Waals surface area contributed by atoms with Crippen LogP contribution in [0.2, 0.25) is 0 Å². The average molecular weight is 265 g/mol. The summed E-state index contributed by atoms with van der Waals surface area (Å²) in [6, 6.07) is 1.79. The molecule has 4 heteroatoms. The zero-order valence-corrected chi connectivity index (χ0v) is 12.0. The maximum absolute atomic E-state index is 10.4. The van der Waals surface area contributed by atoms with Crippen molar-refractivity contribution < 1.29 is 9.52 Å². The van der Waals surface area contributed by atoms with Gasteiger partial charge in [0.2, 0.25) is 0 Å². The van der Waals surface area contributed by atoms with E-state index < -0.39 is 5.60 Å². The van der Waals surface area contributed by atoms with E-state index in [1.54, 1.807) is 36.9 Å². The van der Waals surface area contributed by atoms with Crippen LogP contribution in [0, 0.1) is 0 Å². The van der Waals surface area contributed by atoms with Gasteiger partial charge in [-0.05, 0) is 13.0 Å². The lowest BCUT2D eigenvalue weighted by Crippen LogP contribution is -2.23. The van der Waals surface area contributed by atoms with E-state index in [0.717, 1.165) is 16.3 Å². The Morgan fingerprint density at radius 3 is 2.56 bits per heavy atom. The molecule has 0 spiro atoms. The number of nitrogens with zero attached hydrogens (tertiary/aromatic N) is 1. The first-order valence-corrected chi connectivity index (χ1v) is 6.87. The minimum Gasteiger partial charge on any atom is -0.472 e. The molecule has 0 bridgehead atoms. The molecule has 0 aliphatic heterocycles. The Kier molecular flexibility index (Phi) is 3.34. The van der Waals surface area contributed by atoms with Crippen LogP contribution in [0.3, 0.4) is 0 Å². The van der Waals surface area contributed by atoms with E-state index in [1.165, 1.54) is 0 Å². The molecule has 1 unspecified atom stereocenters. The van der Waals surface area contributed by atoms with Crippen molar-refractivity contribution in [2.75, 3.05) is 0 Å². The van der Waals surface area contributed by atoms with Crippen LogP contribution in [0.1, 0.15) is 44.0 Å². The van der Waals surface area contributed by atoms with Crippen molar-refractivity contribution in [1.29, 1.82) is 0 Å². The van der Waals surface area contributed by atoms with Crippen LogP contribution in [-0.2, 0) is 17.4 Å². The third-order valence-corrected chi connectivity index (χ3v) is 3.81. The number of rotatable bonds is 3. The average Bonchev–Trinajstić information content (AvgIpc) is 2.83. The van der Waals surface area contributed by atoms with Gasteiger partial charge in [0, 0.05) is 22.8 Å². The van der Waals surface area contributed by atoms with Crippen molar-refractivity contribution in [3.8, 4) is 0 Å². The van der Waals surface area contributed by atoms with Gasteiger partial charge in [0.25, 0.3) is 0 Å². The molecule has 2 heterocycles. The number of aromatic nitrogens is 1. The molecule has 0 saturated carbocycles. The summed E-state index contributed by atoms with van der Waals surface area (Å²) in [5.41, 5.74) is 0.983. The molecule has 18 heavy (non-hydrogen) atoms. The fraction of sp³-hybridized carbons (Fsp3) is 0.500. The van der Waals surface area contributed by atoms with E-state index in [-0.39, 0.29) is 5.41 Å². The van der Waals surface area contributed by atoms with E-state index in [1.807, 2.05) is 0 Å². The first-order valence-electron chi connectivity index (χ1n) is 5.99. The molecule has 98 valence electrons. The van der Waals surface area contributed by atoms with Crippen molar-refractivity contribution in [1.82, 2.24) is 4.98 Å². The second-order valence-electron chi connectivity index (χ2n) is 5.84. The molecular formula is C14H19NO2S. The van der Waals surface area contributed by atoms with Crippen molar-refractivity contribution in [3.63, 3.8) is 0 Å². The van der Waals surface area contributed by atoms with Gasteiger partial charge in [-0.1, -0.05) is 20.8 Å². The molecule has 1 N–H and O–H groups in total. The summed E-state index contributed by atoms with van der Waals surface area (Å²) < 4.78 is 5.02. The molecule has 2 rings (SSSR count). The van der Waals surface area contributed by atoms with Crippen molar-refractivity contribution in [3.05, 3.63) is 40.2 Å². The van der Waals surface area contributed by atoms with Gasteiger partial charge in [-0.25, -0.2) is 4.98 Å². The van der Waals surface area contributed by atoms with Crippen LogP contribution in [0.25, 0.3) is 0 Å². The highest BCUT2D eigenvalue weighted by Gasteiger charge is 2.27. The van der Waals surface area contributed by atoms with Crippen molar-refractivity contribution in [2.45, 2.75) is 45.1 Å². The summed E-state index contributed by atoms with van der Waals surface area (Å²) >= 11 is 1.60. The zero-order valence-electron chi connectivity index (χ0n) is 11.2. The number of hydrogen-bond donors (Lipinski definition) is 1. The molecule has 2 aromatic rings. The van der Waals surface area contributed by atoms with E-state index >= 15 is 0 Å². The summed E-state index contributed by atoms with van der Waals surface area (Å²) in [5.74, 6) is 0. The van der Waals surface area contributed by atoms with E-state index in [0.29, 0.717) is 6.42 Å². The first-order chi connectivity index (χ1) is 8.29. The summed E-state index contributed by atoms with van der Waals surface area (Å²) in [7, 11) is 0. The third kappa shape index (κ3) is 2.82. The van der Waals surface area contributed by atoms with Gasteiger partial charge >= 0.3 is 0 Å². The lowest BCUT2D eigenvalue weighted by Gasteiger charge is -2.20. The van der Waals surface area contributed by atoms with Crippen LogP contribution >= 0.6 is 11.3 Å². The van der Waals surface area contributed by atoms with Crippen molar-refractivity contribution in [2.24, 2.45) is 0 Å². The van der Waals surface area contributed by atoms with Crippen LogP contribution in [-0.4, -0.2) is 10.1 Å². The maximum Gasteiger partial charge on any atom is 0.0963 e. The summed E-state index contributed by atoms with van der Waals surface area (Å²) in [5, 5.41) is 13.5. The van der Waals surface area contributed by atoms with Gasteiger partial charge in [-0.2, -0.15) is 0 Å². The summed E-state index contributed by atoms with van der Waals surface area (Å²) in [6.45, 7) is 8.20. The fourth-order valence-electron chi connectivity index (χ4n) is 1.70. The molecule has 0 amide bonds. The maximum atomic E-state index is 10.4. The van der Waals surface area contributed by atoms with Crippen LogP contribution in [0.4, 0.5) is 0 Å². The number of furan rings is 1. The van der Waals surface area contributed by atoms with Gasteiger partial charge in [0.15, 0.2) is 0 Å². The summed E-state index contributed by atoms with van der Waals surface area (Å²) in [6.07, 6.45) is 3.66. The SMILES string of the molecule is CC(C)(C)c1csc(CC(C)(O)c2ccoc2)n1. The highest BCUT2D eigenvalue weighted by molar-refractivity contribution is 7.09. The predicted molar refractivity (Wildman–Crippen MR) is 72.8 cm³/mol. The van der Waals surface area contributed by atoms with E-state index in [2.05, 4.69) is 31.1 Å². The quantitative estimate of drug-likeness (QED) is 0.924. The second kappa shape index (κ2) is 4.52. The molecule has 0 saturated heterocycles. The number of thiazole rings is 1. The fourth-order valence-corrected chi connectivity index (χ4v) is 2.87. The Hall–Kier alpha value is -1.13. The first kappa shape index (κ1) is 13.3. The molecular weight excluding hydrogens is 246 g/mol. The topological polar surface area (TPSA) is 46.3 Å². The minimum absolute atomic E-state index is 0.0518. The van der Waals surface area contributed by atoms with Crippen LogP contribution in [0.5, 0.6) is 0 Å². The zero-order chi connectivity index (χ0) is 13.4. The third-order valence-electron chi connectivity index (χ3n) is 2.96. The molecule has 0 aromatic carbocycles. The number of hydrogen-bond acceptors (Lipinski definition) is 4. The number of aliphatic hydroxyl groups is 1. The monoisotopic (exact) mass is 265 g/mol. The van der Waals surface area contributed by atoms with Crippen LogP contribution in [0.15, 0.2) is 28.4 Å². The van der Waals surface area contributed by atoms with Crippen LogP contribution < -0.4 is 0 Å². The minimum atomic E-state index is -0.931. The molecule has 0 aliphatic carbocycles. The normalized spacial score (nSPS) is 15.6. The van der Waals surface area contributed by atoms with E-state index in [9.17, 15) is 5.11 Å². The molecule has 1 atom stereocenters. The molecule has 2 aromatic heterocycles. The smallest absolute Gasteiger partial charge is 0.0963 e. The lowest BCUT2D eigenvalue weighted by molar-refractivity contribution is 0.0569. The predicted octanol–water partition coefficient (Wildman–Crippen LogP) is 3.48. The molecule has 0 aliphatic rings. The van der Waals surface area contributed by atoms with Gasteiger partial charge in [-0.3, -0.25) is 0 Å². The summed E-state index contributed by atoms with van der Waals surface area (Å²) in [4.78, 5) is 4.60. The van der Waals surface area contributed by atoms with E-state index in [4.69, 9.17) is 4.42 Å². The van der Waals surface area contributed by atoms with Gasteiger partial charge < -0.3 is 9.52 Å². The highest BCUT2D eigenvalue weighted by atomic mass is 32.1. The molecule has 3 nitrogen and oxygen atoms in total. The standard InChI is InChI=1S/C14H19NO2S/c1-13(2,3)11-9-18-12(15-11)7-14(4,16)10-5-6-17-8-10/h5-6,8-9,16H,7H2,1-4H3. The Morgan fingerprint density at radius 1 is 1.33 bits per heavy atom. The highest BCUT2D eigenvalue weighted by Crippen LogP contribution is 2.29. The molecule has 0 fully saturated rings. The lowest BCUT2D eigenvalue weighted by atomic mass is 9.93. The Labute approximate surface area is 111 Å². The van der Waals surface area contributed by atoms with Gasteiger partial charge in [0.1, 0.15) is 0 Å². The Balaban J connectivity index is 2.17. The Bertz CT molecular complexity index is 506. The second-order valence-corrected chi connectivity index (χ2v) is 6.78. The van der Waals surface area contributed by atoms with Crippen molar-refractivity contribution >= 4 is 11.3 Å². The van der Waals surface area contributed by atoms with Gasteiger partial charge in [0.05, 0.1) is 28.8 Å². The largest absolute Gasteiger partial charge is 0.472 e. The van der Waals surface area contributed by atoms with Gasteiger partial charge in [-0.15, -0.1) is 11.3 Å². The Morgan fingerprint density at radius 2 is 2.06 bits per heavy atom.